The Balaban J connectivity index is 1.72. The van der Waals surface area contributed by atoms with E-state index in [1.54, 1.807) is 20.4 Å². The first-order chi connectivity index (χ1) is 14.2. The molecule has 1 aromatic heterocycles. The minimum absolute atomic E-state index is 0.506. The normalized spacial score (nSPS) is 11.5. The molecule has 29 heavy (non-hydrogen) atoms. The van der Waals surface area contributed by atoms with Gasteiger partial charge in [0.2, 0.25) is 5.88 Å². The monoisotopic (exact) mass is 399 g/mol. The SMILES string of the molecule is CN=C(NCCN(C)CCCOC)NCc1ccnc(OCc2ccccc2)c1. The summed E-state index contributed by atoms with van der Waals surface area (Å²) in [6, 6.07) is 14.0. The number of ether oxygens (including phenoxy) is 2. The number of hydrogen-bond acceptors (Lipinski definition) is 5. The van der Waals surface area contributed by atoms with Crippen molar-refractivity contribution in [1.82, 2.24) is 20.5 Å². The van der Waals surface area contributed by atoms with Crippen molar-refractivity contribution in [3.05, 3.63) is 59.8 Å². The Labute approximate surface area is 174 Å². The average molecular weight is 400 g/mol. The summed E-state index contributed by atoms with van der Waals surface area (Å²) in [6.07, 6.45) is 2.80. The van der Waals surface area contributed by atoms with Crippen LogP contribution in [0, 0.1) is 0 Å². The summed E-state index contributed by atoms with van der Waals surface area (Å²) in [6.45, 7) is 4.73. The van der Waals surface area contributed by atoms with Crippen molar-refractivity contribution in [2.24, 2.45) is 4.99 Å². The Morgan fingerprint density at radius 1 is 1.10 bits per heavy atom. The van der Waals surface area contributed by atoms with Gasteiger partial charge in [-0.25, -0.2) is 4.98 Å². The van der Waals surface area contributed by atoms with Gasteiger partial charge < -0.3 is 25.0 Å². The Hall–Kier alpha value is -2.64. The first kappa shape index (κ1) is 22.6. The molecule has 0 fully saturated rings. The predicted molar refractivity (Wildman–Crippen MR) is 117 cm³/mol. The van der Waals surface area contributed by atoms with E-state index in [0.29, 0.717) is 19.0 Å². The zero-order chi connectivity index (χ0) is 20.7. The van der Waals surface area contributed by atoms with E-state index in [1.165, 1.54) is 0 Å². The van der Waals surface area contributed by atoms with Crippen LogP contribution in [-0.4, -0.2) is 63.3 Å². The lowest BCUT2D eigenvalue weighted by atomic mass is 10.2. The second-order valence-corrected chi connectivity index (χ2v) is 6.78. The van der Waals surface area contributed by atoms with Gasteiger partial charge in [-0.15, -0.1) is 0 Å². The maximum absolute atomic E-state index is 5.80. The molecular formula is C22H33N5O2. The van der Waals surface area contributed by atoms with E-state index < -0.39 is 0 Å². The zero-order valence-corrected chi connectivity index (χ0v) is 17.7. The largest absolute Gasteiger partial charge is 0.473 e. The van der Waals surface area contributed by atoms with Crippen molar-refractivity contribution in [2.45, 2.75) is 19.6 Å². The van der Waals surface area contributed by atoms with Crippen molar-refractivity contribution in [3.8, 4) is 5.88 Å². The van der Waals surface area contributed by atoms with Crippen molar-refractivity contribution < 1.29 is 9.47 Å². The molecule has 0 amide bonds. The molecule has 1 heterocycles. The number of guanidine groups is 1. The molecule has 0 spiro atoms. The topological polar surface area (TPSA) is 71.0 Å². The van der Waals surface area contributed by atoms with Crippen molar-refractivity contribution in [3.63, 3.8) is 0 Å². The van der Waals surface area contributed by atoms with Crippen molar-refractivity contribution in [2.75, 3.05) is 47.4 Å². The molecule has 0 aliphatic carbocycles. The third-order valence-corrected chi connectivity index (χ3v) is 4.39. The minimum atomic E-state index is 0.506. The van der Waals surface area contributed by atoms with Gasteiger partial charge in [-0.2, -0.15) is 0 Å². The Morgan fingerprint density at radius 2 is 1.93 bits per heavy atom. The summed E-state index contributed by atoms with van der Waals surface area (Å²) in [5, 5.41) is 6.67. The summed E-state index contributed by atoms with van der Waals surface area (Å²) in [7, 11) is 5.62. The number of aliphatic imine (C=N–C) groups is 1. The summed E-state index contributed by atoms with van der Waals surface area (Å²) in [4.78, 5) is 10.9. The summed E-state index contributed by atoms with van der Waals surface area (Å²) >= 11 is 0. The number of likely N-dealkylation sites (N-methyl/N-ethyl adjacent to an activating group) is 1. The number of aromatic nitrogens is 1. The first-order valence-corrected chi connectivity index (χ1v) is 9.95. The molecule has 158 valence electrons. The lowest BCUT2D eigenvalue weighted by Crippen LogP contribution is -2.40. The van der Waals surface area contributed by atoms with Crippen molar-refractivity contribution in [1.29, 1.82) is 0 Å². The highest BCUT2D eigenvalue weighted by Crippen LogP contribution is 2.11. The fourth-order valence-corrected chi connectivity index (χ4v) is 2.73. The first-order valence-electron chi connectivity index (χ1n) is 9.95. The maximum atomic E-state index is 5.80. The molecule has 0 atom stereocenters. The summed E-state index contributed by atoms with van der Waals surface area (Å²) < 4.78 is 10.9. The van der Waals surface area contributed by atoms with Crippen LogP contribution < -0.4 is 15.4 Å². The van der Waals surface area contributed by atoms with Crippen molar-refractivity contribution >= 4 is 5.96 Å². The van der Waals surface area contributed by atoms with Crippen LogP contribution in [0.3, 0.4) is 0 Å². The fraction of sp³-hybridized carbons (Fsp3) is 0.455. The van der Waals surface area contributed by atoms with Gasteiger partial charge in [0.25, 0.3) is 0 Å². The zero-order valence-electron chi connectivity index (χ0n) is 17.7. The van der Waals surface area contributed by atoms with E-state index >= 15 is 0 Å². The van der Waals surface area contributed by atoms with E-state index in [9.17, 15) is 0 Å². The standard InChI is InChI=1S/C22H33N5O2/c1-23-22(25-12-14-27(2)13-7-15-28-3)26-17-20-10-11-24-21(16-20)29-18-19-8-5-4-6-9-19/h4-6,8-11,16H,7,12-15,17-18H2,1-3H3,(H2,23,25,26). The smallest absolute Gasteiger partial charge is 0.213 e. The second kappa shape index (κ2) is 13.5. The highest BCUT2D eigenvalue weighted by atomic mass is 16.5. The van der Waals surface area contributed by atoms with Gasteiger partial charge in [0.15, 0.2) is 5.96 Å². The van der Waals surface area contributed by atoms with Gasteiger partial charge in [0.05, 0.1) is 0 Å². The number of methoxy groups -OCH3 is 1. The fourth-order valence-electron chi connectivity index (χ4n) is 2.73. The van der Waals surface area contributed by atoms with Crippen LogP contribution in [0.15, 0.2) is 53.7 Å². The number of pyridine rings is 1. The van der Waals surface area contributed by atoms with Crippen LogP contribution in [0.2, 0.25) is 0 Å². The summed E-state index contributed by atoms with van der Waals surface area (Å²) in [5.41, 5.74) is 2.21. The Bertz CT molecular complexity index is 724. The third kappa shape index (κ3) is 9.40. The molecule has 0 unspecified atom stereocenters. The number of benzene rings is 1. The molecule has 0 saturated carbocycles. The second-order valence-electron chi connectivity index (χ2n) is 6.78. The molecule has 1 aromatic carbocycles. The molecule has 0 saturated heterocycles. The number of rotatable bonds is 12. The van der Waals surface area contributed by atoms with Crippen LogP contribution in [0.5, 0.6) is 5.88 Å². The van der Waals surface area contributed by atoms with E-state index in [0.717, 1.165) is 49.7 Å². The lowest BCUT2D eigenvalue weighted by Gasteiger charge is -2.18. The highest BCUT2D eigenvalue weighted by Gasteiger charge is 2.03. The molecule has 0 bridgehead atoms. The molecule has 2 aromatic rings. The molecule has 7 nitrogen and oxygen atoms in total. The number of nitrogens with zero attached hydrogens (tertiary/aromatic N) is 3. The quantitative estimate of drug-likeness (QED) is 0.324. The molecule has 2 N–H and O–H groups in total. The maximum Gasteiger partial charge on any atom is 0.213 e. The van der Waals surface area contributed by atoms with E-state index in [2.05, 4.69) is 32.6 Å². The highest BCUT2D eigenvalue weighted by molar-refractivity contribution is 5.79. The Morgan fingerprint density at radius 3 is 2.69 bits per heavy atom. The van der Waals surface area contributed by atoms with E-state index in [1.807, 2.05) is 42.5 Å². The number of hydrogen-bond donors (Lipinski definition) is 2. The van der Waals surface area contributed by atoms with Crippen LogP contribution in [0.1, 0.15) is 17.5 Å². The predicted octanol–water partition coefficient (Wildman–Crippen LogP) is 2.29. The van der Waals surface area contributed by atoms with Gasteiger partial charge in [-0.1, -0.05) is 30.3 Å². The van der Waals surface area contributed by atoms with Crippen LogP contribution >= 0.6 is 0 Å². The third-order valence-electron chi connectivity index (χ3n) is 4.39. The van der Waals surface area contributed by atoms with E-state index in [-0.39, 0.29) is 0 Å². The average Bonchev–Trinajstić information content (AvgIpc) is 2.76. The molecule has 0 aliphatic heterocycles. The van der Waals surface area contributed by atoms with Gasteiger partial charge in [0.1, 0.15) is 6.61 Å². The lowest BCUT2D eigenvalue weighted by molar-refractivity contribution is 0.180. The van der Waals surface area contributed by atoms with Gasteiger partial charge >= 0.3 is 0 Å². The van der Waals surface area contributed by atoms with Gasteiger partial charge in [0, 0.05) is 59.2 Å². The summed E-state index contributed by atoms with van der Waals surface area (Å²) in [5.74, 6) is 1.40. The molecule has 2 rings (SSSR count). The molecule has 7 heteroatoms. The van der Waals surface area contributed by atoms with Crippen LogP contribution in [0.4, 0.5) is 0 Å². The minimum Gasteiger partial charge on any atom is -0.473 e. The van der Waals surface area contributed by atoms with Crippen LogP contribution in [0.25, 0.3) is 0 Å². The van der Waals surface area contributed by atoms with E-state index in [4.69, 9.17) is 9.47 Å². The molecular weight excluding hydrogens is 366 g/mol. The van der Waals surface area contributed by atoms with Crippen LogP contribution in [-0.2, 0) is 17.9 Å². The Kier molecular flexibility index (Phi) is 10.6. The van der Waals surface area contributed by atoms with Gasteiger partial charge in [-0.3, -0.25) is 4.99 Å². The van der Waals surface area contributed by atoms with Gasteiger partial charge in [-0.05, 0) is 30.7 Å². The molecule has 0 radical (unpaired) electrons. The molecule has 0 aliphatic rings. The number of nitrogens with one attached hydrogen (secondary N) is 2.